The van der Waals surface area contributed by atoms with Gasteiger partial charge in [-0.05, 0) is 17.7 Å². The van der Waals surface area contributed by atoms with Crippen LogP contribution in [-0.4, -0.2) is 36.5 Å². The summed E-state index contributed by atoms with van der Waals surface area (Å²) in [5.74, 6) is -0.0135. The molecular formula is C13H18N4O2. The van der Waals surface area contributed by atoms with Gasteiger partial charge in [0.1, 0.15) is 0 Å². The van der Waals surface area contributed by atoms with E-state index in [1.54, 1.807) is 4.90 Å². The molecule has 2 rings (SSSR count). The Morgan fingerprint density at radius 2 is 2.26 bits per heavy atom. The van der Waals surface area contributed by atoms with Crippen molar-refractivity contribution in [2.75, 3.05) is 25.0 Å². The summed E-state index contributed by atoms with van der Waals surface area (Å²) < 4.78 is 0. The average Bonchev–Trinajstić information content (AvgIpc) is 2.64. The summed E-state index contributed by atoms with van der Waals surface area (Å²) in [6.07, 6.45) is 0.344. The summed E-state index contributed by atoms with van der Waals surface area (Å²) in [6, 6.07) is 7.23. The molecule has 0 radical (unpaired) electrons. The topological polar surface area (TPSA) is 87.5 Å². The highest BCUT2D eigenvalue weighted by atomic mass is 16.2. The van der Waals surface area contributed by atoms with Gasteiger partial charge < -0.3 is 21.3 Å². The minimum Gasteiger partial charge on any atom is -0.354 e. The summed E-state index contributed by atoms with van der Waals surface area (Å²) in [6.45, 7) is 1.89. The normalized spacial score (nSPS) is 15.6. The first-order valence-corrected chi connectivity index (χ1v) is 6.30. The van der Waals surface area contributed by atoms with Crippen molar-refractivity contribution in [3.05, 3.63) is 29.8 Å². The quantitative estimate of drug-likeness (QED) is 0.725. The number of rotatable bonds is 2. The third-order valence-electron chi connectivity index (χ3n) is 3.01. The van der Waals surface area contributed by atoms with E-state index in [1.807, 2.05) is 24.3 Å². The first-order chi connectivity index (χ1) is 9.19. The molecule has 0 unspecified atom stereocenters. The fourth-order valence-electron chi connectivity index (χ4n) is 1.95. The Kier molecular flexibility index (Phi) is 4.35. The van der Waals surface area contributed by atoms with Gasteiger partial charge in [-0.1, -0.05) is 12.1 Å². The Morgan fingerprint density at radius 1 is 1.42 bits per heavy atom. The lowest BCUT2D eigenvalue weighted by Gasteiger charge is -2.20. The molecule has 1 heterocycles. The molecule has 1 aliphatic heterocycles. The van der Waals surface area contributed by atoms with Gasteiger partial charge in [-0.25, -0.2) is 4.79 Å². The molecule has 0 aromatic heterocycles. The molecule has 0 spiro atoms. The Morgan fingerprint density at radius 3 is 3.05 bits per heavy atom. The van der Waals surface area contributed by atoms with Gasteiger partial charge in [-0.2, -0.15) is 0 Å². The second-order valence-electron chi connectivity index (χ2n) is 4.42. The summed E-state index contributed by atoms with van der Waals surface area (Å²) in [5.41, 5.74) is 7.24. The maximum absolute atomic E-state index is 12.1. The third kappa shape index (κ3) is 3.69. The highest BCUT2D eigenvalue weighted by Gasteiger charge is 2.18. The zero-order chi connectivity index (χ0) is 13.7. The first-order valence-electron chi connectivity index (χ1n) is 6.30. The molecule has 1 aromatic carbocycles. The predicted molar refractivity (Wildman–Crippen MR) is 72.6 cm³/mol. The third-order valence-corrected chi connectivity index (χ3v) is 3.01. The molecule has 4 N–H and O–H groups in total. The van der Waals surface area contributed by atoms with Crippen LogP contribution in [0.4, 0.5) is 10.5 Å². The predicted octanol–water partition coefficient (Wildman–Crippen LogP) is 0.499. The molecule has 0 saturated carbocycles. The van der Waals surface area contributed by atoms with E-state index >= 15 is 0 Å². The number of nitrogens with two attached hydrogens (primary N) is 1. The molecule has 0 aliphatic carbocycles. The van der Waals surface area contributed by atoms with E-state index in [2.05, 4.69) is 10.6 Å². The molecular weight excluding hydrogens is 244 g/mol. The van der Waals surface area contributed by atoms with Crippen LogP contribution in [0.1, 0.15) is 12.0 Å². The van der Waals surface area contributed by atoms with E-state index in [9.17, 15) is 9.59 Å². The van der Waals surface area contributed by atoms with E-state index in [0.717, 1.165) is 11.3 Å². The number of carbonyl (C=O) groups is 2. The SMILES string of the molecule is NCc1cccc(NC(=O)N2CCNC(=O)CC2)c1. The number of hydrogen-bond acceptors (Lipinski definition) is 3. The second kappa shape index (κ2) is 6.19. The van der Waals surface area contributed by atoms with Gasteiger partial charge >= 0.3 is 6.03 Å². The summed E-state index contributed by atoms with van der Waals surface area (Å²) in [5, 5.41) is 5.56. The molecule has 1 saturated heterocycles. The Hall–Kier alpha value is -2.08. The van der Waals surface area contributed by atoms with Crippen LogP contribution in [0.15, 0.2) is 24.3 Å². The highest BCUT2D eigenvalue weighted by Crippen LogP contribution is 2.11. The van der Waals surface area contributed by atoms with E-state index < -0.39 is 0 Å². The van der Waals surface area contributed by atoms with Crippen molar-refractivity contribution in [3.8, 4) is 0 Å². The number of hydrogen-bond donors (Lipinski definition) is 3. The van der Waals surface area contributed by atoms with Gasteiger partial charge in [0.05, 0.1) is 0 Å². The number of carbonyl (C=O) groups excluding carboxylic acids is 2. The average molecular weight is 262 g/mol. The van der Waals surface area contributed by atoms with E-state index in [4.69, 9.17) is 5.73 Å². The molecule has 6 heteroatoms. The largest absolute Gasteiger partial charge is 0.354 e. The van der Waals surface area contributed by atoms with Crippen molar-refractivity contribution in [3.63, 3.8) is 0 Å². The molecule has 1 aromatic rings. The Balaban J connectivity index is 1.97. The van der Waals surface area contributed by atoms with Gasteiger partial charge in [0.15, 0.2) is 0 Å². The first kappa shape index (κ1) is 13.4. The van der Waals surface area contributed by atoms with Crippen LogP contribution < -0.4 is 16.4 Å². The van der Waals surface area contributed by atoms with Crippen LogP contribution in [0.3, 0.4) is 0 Å². The Bertz CT molecular complexity index is 475. The van der Waals surface area contributed by atoms with E-state index in [1.165, 1.54) is 0 Å². The zero-order valence-electron chi connectivity index (χ0n) is 10.7. The van der Waals surface area contributed by atoms with Crippen LogP contribution in [0.5, 0.6) is 0 Å². The maximum Gasteiger partial charge on any atom is 0.321 e. The fourth-order valence-corrected chi connectivity index (χ4v) is 1.95. The molecule has 0 atom stereocenters. The zero-order valence-corrected chi connectivity index (χ0v) is 10.7. The molecule has 6 nitrogen and oxygen atoms in total. The van der Waals surface area contributed by atoms with Crippen molar-refractivity contribution >= 4 is 17.6 Å². The summed E-state index contributed by atoms with van der Waals surface area (Å²) in [4.78, 5) is 24.9. The second-order valence-corrected chi connectivity index (χ2v) is 4.42. The number of nitrogens with zero attached hydrogens (tertiary/aromatic N) is 1. The van der Waals surface area contributed by atoms with Crippen LogP contribution >= 0.6 is 0 Å². The highest BCUT2D eigenvalue weighted by molar-refractivity contribution is 5.90. The van der Waals surface area contributed by atoms with Crippen molar-refractivity contribution in [1.29, 1.82) is 0 Å². The molecule has 102 valence electrons. The van der Waals surface area contributed by atoms with Crippen molar-refractivity contribution in [1.82, 2.24) is 10.2 Å². The smallest absolute Gasteiger partial charge is 0.321 e. The lowest BCUT2D eigenvalue weighted by atomic mass is 10.2. The number of urea groups is 1. The van der Waals surface area contributed by atoms with Gasteiger partial charge in [0, 0.05) is 38.3 Å². The van der Waals surface area contributed by atoms with Gasteiger partial charge in [-0.15, -0.1) is 0 Å². The van der Waals surface area contributed by atoms with Crippen LogP contribution in [-0.2, 0) is 11.3 Å². The fraction of sp³-hybridized carbons (Fsp3) is 0.385. The summed E-state index contributed by atoms with van der Waals surface area (Å²) in [7, 11) is 0. The molecule has 1 fully saturated rings. The molecule has 1 aliphatic rings. The minimum absolute atomic E-state index is 0.0135. The van der Waals surface area contributed by atoms with Crippen molar-refractivity contribution in [2.24, 2.45) is 5.73 Å². The number of benzene rings is 1. The van der Waals surface area contributed by atoms with E-state index in [-0.39, 0.29) is 11.9 Å². The monoisotopic (exact) mass is 262 g/mol. The molecule has 3 amide bonds. The van der Waals surface area contributed by atoms with Gasteiger partial charge in [0.25, 0.3) is 0 Å². The van der Waals surface area contributed by atoms with Crippen LogP contribution in [0.25, 0.3) is 0 Å². The minimum atomic E-state index is -0.189. The van der Waals surface area contributed by atoms with Crippen molar-refractivity contribution < 1.29 is 9.59 Å². The molecule has 19 heavy (non-hydrogen) atoms. The lowest BCUT2D eigenvalue weighted by molar-refractivity contribution is -0.120. The Labute approximate surface area is 112 Å². The van der Waals surface area contributed by atoms with Gasteiger partial charge in [-0.3, -0.25) is 4.79 Å². The van der Waals surface area contributed by atoms with Crippen LogP contribution in [0.2, 0.25) is 0 Å². The number of anilines is 1. The standard InChI is InChI=1S/C13H18N4O2/c14-9-10-2-1-3-11(8-10)16-13(19)17-6-4-12(18)15-5-7-17/h1-3,8H,4-7,9,14H2,(H,15,18)(H,16,19). The van der Waals surface area contributed by atoms with Crippen LogP contribution in [0, 0.1) is 0 Å². The number of nitrogens with one attached hydrogen (secondary N) is 2. The van der Waals surface area contributed by atoms with Crippen molar-refractivity contribution in [2.45, 2.75) is 13.0 Å². The van der Waals surface area contributed by atoms with E-state index in [0.29, 0.717) is 32.6 Å². The maximum atomic E-state index is 12.1. The lowest BCUT2D eigenvalue weighted by Crippen LogP contribution is -2.37. The van der Waals surface area contributed by atoms with Gasteiger partial charge in [0.2, 0.25) is 5.91 Å². The summed E-state index contributed by atoms with van der Waals surface area (Å²) >= 11 is 0. The number of amides is 3. The molecule has 0 bridgehead atoms.